The topological polar surface area (TPSA) is 131 Å². The zero-order valence-electron chi connectivity index (χ0n) is 17.2. The van der Waals surface area contributed by atoms with Crippen LogP contribution in [0.2, 0.25) is 0 Å². The summed E-state index contributed by atoms with van der Waals surface area (Å²) >= 11 is 0. The summed E-state index contributed by atoms with van der Waals surface area (Å²) in [7, 11) is 0. The Morgan fingerprint density at radius 2 is 1.94 bits per heavy atom. The Morgan fingerprint density at radius 1 is 1.16 bits per heavy atom. The molecule has 1 spiro atoms. The number of rotatable bonds is 4. The van der Waals surface area contributed by atoms with Gasteiger partial charge in [-0.15, -0.1) is 0 Å². The second-order valence-corrected chi connectivity index (χ2v) is 8.91. The molecule has 4 N–H and O–H groups in total. The first kappa shape index (κ1) is 20.3. The Hall–Kier alpha value is -2.62. The fraction of sp³-hybridized carbons (Fsp3) is 0.545. The van der Waals surface area contributed by atoms with Crippen LogP contribution in [-0.2, 0) is 20.9 Å². The van der Waals surface area contributed by atoms with Crippen molar-refractivity contribution in [3.63, 3.8) is 0 Å². The predicted octanol–water partition coefficient (Wildman–Crippen LogP) is 0.0738. The van der Waals surface area contributed by atoms with Crippen LogP contribution in [0, 0.1) is 5.41 Å². The number of hydrogen-bond donors (Lipinski definition) is 3. The van der Waals surface area contributed by atoms with E-state index in [1.165, 1.54) is 0 Å². The molecule has 3 fully saturated rings. The third-order valence-electron chi connectivity index (χ3n) is 7.44. The van der Waals surface area contributed by atoms with Crippen molar-refractivity contribution in [2.24, 2.45) is 11.1 Å². The van der Waals surface area contributed by atoms with E-state index in [-0.39, 0.29) is 36.2 Å². The number of nitrogens with one attached hydrogen (secondary N) is 2. The average Bonchev–Trinajstić information content (AvgIpc) is 3.02. The molecule has 31 heavy (non-hydrogen) atoms. The Bertz CT molecular complexity index is 971. The molecule has 1 aliphatic carbocycles. The highest BCUT2D eigenvalue weighted by Crippen LogP contribution is 2.48. The molecule has 3 heterocycles. The summed E-state index contributed by atoms with van der Waals surface area (Å²) in [6.45, 7) is 1.85. The molecule has 9 nitrogen and oxygen atoms in total. The van der Waals surface area contributed by atoms with Crippen molar-refractivity contribution in [3.05, 3.63) is 34.9 Å². The Kier molecular flexibility index (Phi) is 4.91. The van der Waals surface area contributed by atoms with E-state index in [1.807, 2.05) is 6.07 Å². The molecule has 9 heteroatoms. The molecule has 1 saturated carbocycles. The lowest BCUT2D eigenvalue weighted by Gasteiger charge is -2.57. The largest absolute Gasteiger partial charge is 0.381 e. The van der Waals surface area contributed by atoms with Crippen LogP contribution in [0.4, 0.5) is 0 Å². The van der Waals surface area contributed by atoms with Crippen LogP contribution in [0.25, 0.3) is 0 Å². The number of ether oxygens (including phenoxy) is 1. The number of hydrogen-bond acceptors (Lipinski definition) is 7. The van der Waals surface area contributed by atoms with Crippen molar-refractivity contribution in [3.8, 4) is 0 Å². The first-order chi connectivity index (χ1) is 14.9. The van der Waals surface area contributed by atoms with Gasteiger partial charge in [-0.3, -0.25) is 29.4 Å². The molecular formula is C22H26N4O5. The molecule has 1 aromatic rings. The molecule has 5 rings (SSSR count). The van der Waals surface area contributed by atoms with E-state index < -0.39 is 23.8 Å². The number of fused-ring (bicyclic) bond motifs is 1. The molecule has 4 amide bonds. The molecule has 0 aromatic heterocycles. The number of benzene rings is 1. The van der Waals surface area contributed by atoms with Crippen molar-refractivity contribution in [2.75, 3.05) is 13.2 Å². The van der Waals surface area contributed by atoms with Crippen molar-refractivity contribution < 1.29 is 23.9 Å². The second kappa shape index (κ2) is 7.51. The minimum absolute atomic E-state index is 0.0226. The van der Waals surface area contributed by atoms with Crippen LogP contribution in [-0.4, -0.2) is 59.9 Å². The first-order valence-corrected chi connectivity index (χ1v) is 10.8. The minimum Gasteiger partial charge on any atom is -0.381 e. The Labute approximate surface area is 179 Å². The van der Waals surface area contributed by atoms with Gasteiger partial charge in [0.1, 0.15) is 6.04 Å². The van der Waals surface area contributed by atoms with Gasteiger partial charge in [-0.05, 0) is 37.3 Å². The van der Waals surface area contributed by atoms with Gasteiger partial charge in [-0.1, -0.05) is 12.1 Å². The standard InChI is InChI=1S/C22H26N4O5/c23-15-10-16(22(15)6-8-31-9-7-22)24-11-12-2-1-3-13-18(12)21(30)26(20(13)29)14-4-5-17(27)25-19(14)28/h1-3,14-16,24H,4-11,23H2,(H,25,27,28). The molecule has 4 aliphatic rings. The third-order valence-corrected chi connectivity index (χ3v) is 7.44. The SMILES string of the molecule is NC1CC(NCc2cccc3c2C(=O)N(C2CCC(=O)NC2=O)C3=O)C12CCOCC2. The van der Waals surface area contributed by atoms with Gasteiger partial charge in [0.05, 0.1) is 11.1 Å². The predicted molar refractivity (Wildman–Crippen MR) is 109 cm³/mol. The fourth-order valence-electron chi connectivity index (χ4n) is 5.54. The van der Waals surface area contributed by atoms with Crippen LogP contribution in [0.3, 0.4) is 0 Å². The molecule has 164 valence electrons. The third kappa shape index (κ3) is 3.10. The monoisotopic (exact) mass is 426 g/mol. The number of piperidine rings is 1. The van der Waals surface area contributed by atoms with Gasteiger partial charge in [0.25, 0.3) is 11.8 Å². The van der Waals surface area contributed by atoms with Gasteiger partial charge < -0.3 is 15.8 Å². The van der Waals surface area contributed by atoms with Crippen LogP contribution < -0.4 is 16.4 Å². The summed E-state index contributed by atoms with van der Waals surface area (Å²) in [4.78, 5) is 50.9. The van der Waals surface area contributed by atoms with Crippen LogP contribution in [0.15, 0.2) is 18.2 Å². The quantitative estimate of drug-likeness (QED) is 0.581. The van der Waals surface area contributed by atoms with E-state index in [0.717, 1.165) is 29.7 Å². The average molecular weight is 426 g/mol. The smallest absolute Gasteiger partial charge is 0.262 e. The molecule has 0 radical (unpaired) electrons. The number of amides is 4. The molecule has 0 bridgehead atoms. The van der Waals surface area contributed by atoms with E-state index in [9.17, 15) is 19.2 Å². The molecule has 3 atom stereocenters. The highest BCUT2D eigenvalue weighted by Gasteiger charge is 2.53. The first-order valence-electron chi connectivity index (χ1n) is 10.8. The highest BCUT2D eigenvalue weighted by atomic mass is 16.5. The summed E-state index contributed by atoms with van der Waals surface area (Å²) in [5.74, 6) is -1.94. The lowest BCUT2D eigenvalue weighted by atomic mass is 9.56. The van der Waals surface area contributed by atoms with Crippen LogP contribution >= 0.6 is 0 Å². The van der Waals surface area contributed by atoms with Crippen molar-refractivity contribution >= 4 is 23.6 Å². The number of nitrogens with zero attached hydrogens (tertiary/aromatic N) is 1. The summed E-state index contributed by atoms with van der Waals surface area (Å²) in [6.07, 6.45) is 2.95. The summed E-state index contributed by atoms with van der Waals surface area (Å²) in [5, 5.41) is 5.78. The minimum atomic E-state index is -0.957. The lowest BCUT2D eigenvalue weighted by Crippen LogP contribution is -2.67. The maximum absolute atomic E-state index is 13.2. The Morgan fingerprint density at radius 3 is 2.65 bits per heavy atom. The molecule has 3 aliphatic heterocycles. The summed E-state index contributed by atoms with van der Waals surface area (Å²) < 4.78 is 5.51. The van der Waals surface area contributed by atoms with Gasteiger partial charge in [0, 0.05) is 43.7 Å². The molecular weight excluding hydrogens is 400 g/mol. The molecule has 1 aromatic carbocycles. The maximum atomic E-state index is 13.2. The van der Waals surface area contributed by atoms with E-state index in [4.69, 9.17) is 10.5 Å². The highest BCUT2D eigenvalue weighted by molar-refractivity contribution is 6.24. The maximum Gasteiger partial charge on any atom is 0.262 e. The van der Waals surface area contributed by atoms with E-state index in [0.29, 0.717) is 30.9 Å². The van der Waals surface area contributed by atoms with E-state index in [1.54, 1.807) is 12.1 Å². The van der Waals surface area contributed by atoms with Crippen molar-refractivity contribution in [2.45, 2.75) is 56.8 Å². The van der Waals surface area contributed by atoms with Gasteiger partial charge in [0.2, 0.25) is 11.8 Å². The summed E-state index contributed by atoms with van der Waals surface area (Å²) in [5.41, 5.74) is 7.74. The lowest BCUT2D eigenvalue weighted by molar-refractivity contribution is -0.136. The van der Waals surface area contributed by atoms with Gasteiger partial charge in [-0.25, -0.2) is 0 Å². The number of nitrogens with two attached hydrogens (primary N) is 1. The number of carbonyl (C=O) groups is 4. The molecule has 2 saturated heterocycles. The summed E-state index contributed by atoms with van der Waals surface area (Å²) in [6, 6.07) is 4.62. The van der Waals surface area contributed by atoms with Crippen molar-refractivity contribution in [1.82, 2.24) is 15.5 Å². The number of carbonyl (C=O) groups excluding carboxylic acids is 4. The van der Waals surface area contributed by atoms with Crippen LogP contribution in [0.5, 0.6) is 0 Å². The zero-order valence-corrected chi connectivity index (χ0v) is 17.2. The zero-order chi connectivity index (χ0) is 21.8. The van der Waals surface area contributed by atoms with Gasteiger partial charge in [-0.2, -0.15) is 0 Å². The molecule has 3 unspecified atom stereocenters. The van der Waals surface area contributed by atoms with Crippen LogP contribution in [0.1, 0.15) is 58.4 Å². The Balaban J connectivity index is 1.35. The van der Waals surface area contributed by atoms with E-state index in [2.05, 4.69) is 10.6 Å². The second-order valence-electron chi connectivity index (χ2n) is 8.91. The fourth-order valence-corrected chi connectivity index (χ4v) is 5.54. The normalized spacial score (nSPS) is 29.7. The number of imide groups is 2. The van der Waals surface area contributed by atoms with E-state index >= 15 is 0 Å². The van der Waals surface area contributed by atoms with Gasteiger partial charge in [0.15, 0.2) is 0 Å². The van der Waals surface area contributed by atoms with Gasteiger partial charge >= 0.3 is 0 Å². The van der Waals surface area contributed by atoms with Crippen molar-refractivity contribution in [1.29, 1.82) is 0 Å².